The van der Waals surface area contributed by atoms with Gasteiger partial charge in [-0.25, -0.2) is 0 Å². The van der Waals surface area contributed by atoms with Crippen molar-refractivity contribution < 1.29 is 4.79 Å². The summed E-state index contributed by atoms with van der Waals surface area (Å²) in [6, 6.07) is 4.69. The minimum atomic E-state index is 0.308. The highest BCUT2D eigenvalue weighted by Crippen LogP contribution is 2.31. The number of carbonyl (C=O) groups excluding carboxylic acids is 1. The van der Waals surface area contributed by atoms with Gasteiger partial charge in [0.05, 0.1) is 0 Å². The van der Waals surface area contributed by atoms with Gasteiger partial charge in [0.2, 0.25) is 0 Å². The number of rotatable bonds is 2. The van der Waals surface area contributed by atoms with Crippen LogP contribution in [0.1, 0.15) is 23.1 Å². The molecule has 2 nitrogen and oxygen atoms in total. The van der Waals surface area contributed by atoms with Crippen LogP contribution in [-0.2, 0) is 11.2 Å². The van der Waals surface area contributed by atoms with Gasteiger partial charge in [-0.05, 0) is 31.4 Å². The van der Waals surface area contributed by atoms with Crippen LogP contribution in [0.5, 0.6) is 0 Å². The van der Waals surface area contributed by atoms with E-state index in [1.807, 2.05) is 0 Å². The highest BCUT2D eigenvalue weighted by molar-refractivity contribution is 5.65. The van der Waals surface area contributed by atoms with Crippen LogP contribution < -0.4 is 5.32 Å². The first-order chi connectivity index (χ1) is 6.70. The standard InChI is InChI=1S/C12H15NO/c1-8-5-9(2)12-10(6-8)7-11(13-12)3-4-14/h4-6,11,13H,3,7H2,1-2H3. The topological polar surface area (TPSA) is 29.1 Å². The molecule has 2 rings (SSSR count). The molecule has 0 spiro atoms. The van der Waals surface area contributed by atoms with Crippen molar-refractivity contribution >= 4 is 12.0 Å². The number of nitrogens with one attached hydrogen (secondary N) is 1. The molecule has 0 fully saturated rings. The van der Waals surface area contributed by atoms with E-state index >= 15 is 0 Å². The van der Waals surface area contributed by atoms with Crippen molar-refractivity contribution in [3.63, 3.8) is 0 Å². The highest BCUT2D eigenvalue weighted by Gasteiger charge is 2.21. The second-order valence-corrected chi connectivity index (χ2v) is 4.06. The Morgan fingerprint density at radius 2 is 2.29 bits per heavy atom. The molecule has 1 atom stereocenters. The Morgan fingerprint density at radius 3 is 3.00 bits per heavy atom. The van der Waals surface area contributed by atoms with Gasteiger partial charge >= 0.3 is 0 Å². The van der Waals surface area contributed by atoms with Gasteiger partial charge in [-0.1, -0.05) is 17.7 Å². The number of hydrogen-bond donors (Lipinski definition) is 1. The fourth-order valence-corrected chi connectivity index (χ4v) is 2.20. The van der Waals surface area contributed by atoms with E-state index in [1.165, 1.54) is 22.4 Å². The molecule has 1 unspecified atom stereocenters. The minimum absolute atomic E-state index is 0.308. The first-order valence-corrected chi connectivity index (χ1v) is 5.01. The third-order valence-corrected chi connectivity index (χ3v) is 2.76. The molecule has 1 aliphatic heterocycles. The second kappa shape index (κ2) is 3.45. The van der Waals surface area contributed by atoms with E-state index in [4.69, 9.17) is 0 Å². The summed E-state index contributed by atoms with van der Waals surface area (Å²) in [5, 5.41) is 3.40. The summed E-state index contributed by atoms with van der Waals surface area (Å²) in [5.41, 5.74) is 5.18. The average Bonchev–Trinajstić information content (AvgIpc) is 2.48. The monoisotopic (exact) mass is 189 g/mol. The highest BCUT2D eigenvalue weighted by atomic mass is 16.1. The molecule has 1 aromatic carbocycles. The van der Waals surface area contributed by atoms with Gasteiger partial charge < -0.3 is 10.1 Å². The fourth-order valence-electron chi connectivity index (χ4n) is 2.20. The van der Waals surface area contributed by atoms with Crippen LogP contribution in [0, 0.1) is 13.8 Å². The molecule has 1 heterocycles. The van der Waals surface area contributed by atoms with Crippen molar-refractivity contribution in [1.29, 1.82) is 0 Å². The molecule has 2 heteroatoms. The summed E-state index contributed by atoms with van der Waals surface area (Å²) in [6.07, 6.45) is 2.58. The van der Waals surface area contributed by atoms with E-state index < -0.39 is 0 Å². The molecule has 0 saturated heterocycles. The minimum Gasteiger partial charge on any atom is -0.381 e. The van der Waals surface area contributed by atoms with Crippen LogP contribution in [0.4, 0.5) is 5.69 Å². The lowest BCUT2D eigenvalue weighted by molar-refractivity contribution is -0.108. The molecule has 0 saturated carbocycles. The van der Waals surface area contributed by atoms with Crippen molar-refractivity contribution in [2.45, 2.75) is 32.7 Å². The Hall–Kier alpha value is -1.31. The first kappa shape index (κ1) is 9.25. The lowest BCUT2D eigenvalue weighted by Gasteiger charge is -2.08. The summed E-state index contributed by atoms with van der Waals surface area (Å²) >= 11 is 0. The average molecular weight is 189 g/mol. The third-order valence-electron chi connectivity index (χ3n) is 2.76. The van der Waals surface area contributed by atoms with E-state index in [9.17, 15) is 4.79 Å². The largest absolute Gasteiger partial charge is 0.381 e. The van der Waals surface area contributed by atoms with E-state index in [2.05, 4.69) is 31.3 Å². The Bertz CT molecular complexity index is 371. The Labute approximate surface area is 84.3 Å². The zero-order valence-electron chi connectivity index (χ0n) is 8.63. The Kier molecular flexibility index (Phi) is 2.28. The summed E-state index contributed by atoms with van der Waals surface area (Å²) in [7, 11) is 0. The van der Waals surface area contributed by atoms with Gasteiger partial charge in [0.15, 0.2) is 0 Å². The predicted molar refractivity (Wildman–Crippen MR) is 57.7 cm³/mol. The van der Waals surface area contributed by atoms with Gasteiger partial charge in [-0.15, -0.1) is 0 Å². The van der Waals surface area contributed by atoms with E-state index in [0.29, 0.717) is 12.5 Å². The second-order valence-electron chi connectivity index (χ2n) is 4.06. The van der Waals surface area contributed by atoms with Gasteiger partial charge in [0.1, 0.15) is 6.29 Å². The number of anilines is 1. The molecule has 0 amide bonds. The van der Waals surface area contributed by atoms with Crippen molar-refractivity contribution in [3.8, 4) is 0 Å². The van der Waals surface area contributed by atoms with Gasteiger partial charge in [-0.3, -0.25) is 0 Å². The van der Waals surface area contributed by atoms with Crippen molar-refractivity contribution in [1.82, 2.24) is 0 Å². The quantitative estimate of drug-likeness (QED) is 0.723. The normalized spacial score (nSPS) is 18.9. The molecule has 14 heavy (non-hydrogen) atoms. The molecule has 1 aromatic rings. The molecule has 1 aliphatic rings. The van der Waals surface area contributed by atoms with E-state index in [-0.39, 0.29) is 0 Å². The first-order valence-electron chi connectivity index (χ1n) is 5.01. The maximum Gasteiger partial charge on any atom is 0.122 e. The molecule has 0 radical (unpaired) electrons. The van der Waals surface area contributed by atoms with Crippen molar-refractivity contribution in [2.24, 2.45) is 0 Å². The van der Waals surface area contributed by atoms with Crippen molar-refractivity contribution in [3.05, 3.63) is 28.8 Å². The summed E-state index contributed by atoms with van der Waals surface area (Å²) < 4.78 is 0. The predicted octanol–water partition coefficient (Wildman–Crippen LogP) is 2.23. The molecular formula is C12H15NO. The number of hydrogen-bond acceptors (Lipinski definition) is 2. The van der Waals surface area contributed by atoms with Crippen LogP contribution in [0.2, 0.25) is 0 Å². The molecule has 74 valence electrons. The number of aldehydes is 1. The molecule has 0 aromatic heterocycles. The Balaban J connectivity index is 2.30. The van der Waals surface area contributed by atoms with E-state index in [0.717, 1.165) is 12.7 Å². The van der Waals surface area contributed by atoms with Gasteiger partial charge in [0, 0.05) is 18.2 Å². The summed E-state index contributed by atoms with van der Waals surface area (Å²) in [5.74, 6) is 0. The maximum atomic E-state index is 10.4. The van der Waals surface area contributed by atoms with Crippen LogP contribution in [-0.4, -0.2) is 12.3 Å². The van der Waals surface area contributed by atoms with Crippen molar-refractivity contribution in [2.75, 3.05) is 5.32 Å². The molecule has 0 bridgehead atoms. The lowest BCUT2D eigenvalue weighted by Crippen LogP contribution is -2.15. The van der Waals surface area contributed by atoms with Gasteiger partial charge in [-0.2, -0.15) is 0 Å². The van der Waals surface area contributed by atoms with Gasteiger partial charge in [0.25, 0.3) is 0 Å². The van der Waals surface area contributed by atoms with E-state index in [1.54, 1.807) is 0 Å². The number of aryl methyl sites for hydroxylation is 2. The lowest BCUT2D eigenvalue weighted by atomic mass is 10.0. The SMILES string of the molecule is Cc1cc(C)c2c(c1)CC(CC=O)N2. The number of benzene rings is 1. The molecular weight excluding hydrogens is 174 g/mol. The fraction of sp³-hybridized carbons (Fsp3) is 0.417. The smallest absolute Gasteiger partial charge is 0.122 e. The summed E-state index contributed by atoms with van der Waals surface area (Å²) in [6.45, 7) is 4.22. The van der Waals surface area contributed by atoms with Crippen LogP contribution in [0.15, 0.2) is 12.1 Å². The van der Waals surface area contributed by atoms with Crippen LogP contribution in [0.3, 0.4) is 0 Å². The number of carbonyl (C=O) groups is 1. The number of fused-ring (bicyclic) bond motifs is 1. The maximum absolute atomic E-state index is 10.4. The third kappa shape index (κ3) is 1.52. The van der Waals surface area contributed by atoms with Crippen LogP contribution >= 0.6 is 0 Å². The zero-order valence-corrected chi connectivity index (χ0v) is 8.63. The zero-order chi connectivity index (χ0) is 10.1. The molecule has 1 N–H and O–H groups in total. The Morgan fingerprint density at radius 1 is 1.50 bits per heavy atom. The summed E-state index contributed by atoms with van der Waals surface area (Å²) in [4.78, 5) is 10.4. The van der Waals surface area contributed by atoms with Crippen LogP contribution in [0.25, 0.3) is 0 Å². The molecule has 0 aliphatic carbocycles.